The quantitative estimate of drug-likeness (QED) is 0.0281. The van der Waals surface area contributed by atoms with Crippen molar-refractivity contribution >= 4 is 17.9 Å². The molecule has 0 radical (unpaired) electrons. The van der Waals surface area contributed by atoms with Crippen molar-refractivity contribution in [2.75, 3.05) is 41.0 Å². The molecule has 0 saturated heterocycles. The van der Waals surface area contributed by atoms with Crippen LogP contribution in [0.1, 0.15) is 213 Å². The number of likely N-dealkylation sites (N-methyl/N-ethyl adjacent to an activating group) is 1. The predicted octanol–water partition coefficient (Wildman–Crippen LogP) is 15.6. The molecule has 2 atom stereocenters. The zero-order valence-corrected chi connectivity index (χ0v) is 43.1. The van der Waals surface area contributed by atoms with Crippen LogP contribution < -0.4 is 0 Å². The molecule has 0 aromatic rings. The molecule has 0 bridgehead atoms. The van der Waals surface area contributed by atoms with Gasteiger partial charge in [-0.2, -0.15) is 0 Å². The maximum absolute atomic E-state index is 12.8. The maximum Gasteiger partial charge on any atom is 0.362 e. The summed E-state index contributed by atoms with van der Waals surface area (Å²) in [5, 5.41) is 9.66. The lowest BCUT2D eigenvalue weighted by Gasteiger charge is -2.31. The van der Waals surface area contributed by atoms with Crippen molar-refractivity contribution in [1.29, 1.82) is 0 Å². The van der Waals surface area contributed by atoms with Gasteiger partial charge in [0.05, 0.1) is 34.4 Å². The van der Waals surface area contributed by atoms with E-state index >= 15 is 0 Å². The summed E-state index contributed by atoms with van der Waals surface area (Å²) in [5.74, 6) is -1.51. The van der Waals surface area contributed by atoms with Gasteiger partial charge in [-0.1, -0.05) is 189 Å². The number of quaternary nitrogens is 1. The molecule has 0 aliphatic heterocycles. The third-order valence-corrected chi connectivity index (χ3v) is 11.5. The normalized spacial score (nSPS) is 13.5. The Labute approximate surface area is 405 Å². The number of hydrogen-bond donors (Lipinski definition) is 1. The largest absolute Gasteiger partial charge is 0.477 e. The van der Waals surface area contributed by atoms with E-state index in [1.54, 1.807) is 0 Å². The van der Waals surface area contributed by atoms with Crippen LogP contribution in [0.3, 0.4) is 0 Å². The molecule has 1 N–H and O–H groups in total. The highest BCUT2D eigenvalue weighted by atomic mass is 16.6. The van der Waals surface area contributed by atoms with Crippen LogP contribution in [-0.2, 0) is 28.6 Å². The number of esters is 2. The van der Waals surface area contributed by atoms with E-state index in [1.807, 2.05) is 21.1 Å². The molecule has 0 heterocycles. The fraction of sp³-hybridized carbons (Fsp3) is 0.707. The number of carboxylic acid groups (broad SMARTS) is 1. The van der Waals surface area contributed by atoms with Gasteiger partial charge in [-0.05, 0) is 89.9 Å². The Hall–Kier alpha value is -3.49. The highest BCUT2D eigenvalue weighted by Crippen LogP contribution is 2.14. The molecule has 0 fully saturated rings. The van der Waals surface area contributed by atoms with E-state index in [-0.39, 0.29) is 36.2 Å². The molecule has 0 rings (SSSR count). The summed E-state index contributed by atoms with van der Waals surface area (Å²) in [6, 6.07) is -0.626. The van der Waals surface area contributed by atoms with Gasteiger partial charge in [-0.3, -0.25) is 9.59 Å². The number of carbonyl (C=O) groups excluding carboxylic acids is 2. The summed E-state index contributed by atoms with van der Waals surface area (Å²) < 4.78 is 17.3. The third kappa shape index (κ3) is 45.7. The summed E-state index contributed by atoms with van der Waals surface area (Å²) >= 11 is 0. The van der Waals surface area contributed by atoms with Gasteiger partial charge < -0.3 is 23.8 Å². The third-order valence-electron chi connectivity index (χ3n) is 11.5. The van der Waals surface area contributed by atoms with Crippen molar-refractivity contribution in [3.8, 4) is 0 Å². The van der Waals surface area contributed by atoms with Crippen LogP contribution in [0, 0.1) is 0 Å². The van der Waals surface area contributed by atoms with Crippen molar-refractivity contribution in [1.82, 2.24) is 0 Å². The zero-order valence-electron chi connectivity index (χ0n) is 43.1. The van der Waals surface area contributed by atoms with Gasteiger partial charge in [-0.25, -0.2) is 4.79 Å². The fourth-order valence-electron chi connectivity index (χ4n) is 7.44. The molecule has 378 valence electrons. The molecule has 0 amide bonds. The van der Waals surface area contributed by atoms with Gasteiger partial charge >= 0.3 is 17.9 Å². The fourth-order valence-corrected chi connectivity index (χ4v) is 7.44. The van der Waals surface area contributed by atoms with Crippen molar-refractivity contribution in [2.45, 2.75) is 225 Å². The Morgan fingerprint density at radius 2 is 0.848 bits per heavy atom. The predicted molar refractivity (Wildman–Crippen MR) is 280 cm³/mol. The first kappa shape index (κ1) is 62.5. The van der Waals surface area contributed by atoms with Crippen LogP contribution in [0.5, 0.6) is 0 Å². The van der Waals surface area contributed by atoms with Gasteiger partial charge in [0.1, 0.15) is 6.61 Å². The minimum absolute atomic E-state index is 0.0452. The Morgan fingerprint density at radius 1 is 0.470 bits per heavy atom. The van der Waals surface area contributed by atoms with E-state index in [4.69, 9.17) is 14.2 Å². The summed E-state index contributed by atoms with van der Waals surface area (Å²) in [6.45, 7) is 4.59. The smallest absolute Gasteiger partial charge is 0.362 e. The van der Waals surface area contributed by atoms with E-state index in [0.717, 1.165) is 96.3 Å². The lowest BCUT2D eigenvalue weighted by molar-refractivity contribution is -0.887. The summed E-state index contributed by atoms with van der Waals surface area (Å²) in [5.41, 5.74) is 0. The topological polar surface area (TPSA) is 99.1 Å². The van der Waals surface area contributed by atoms with Gasteiger partial charge in [-0.15, -0.1) is 0 Å². The van der Waals surface area contributed by atoms with Gasteiger partial charge in [0.2, 0.25) is 0 Å². The average molecular weight is 923 g/mol. The van der Waals surface area contributed by atoms with Gasteiger partial charge in [0.15, 0.2) is 12.1 Å². The summed E-state index contributed by atoms with van der Waals surface area (Å²) in [6.07, 6.45) is 63.5. The number of carboxylic acids is 1. The van der Waals surface area contributed by atoms with E-state index in [1.165, 1.54) is 83.5 Å². The van der Waals surface area contributed by atoms with Crippen LogP contribution in [0.15, 0.2) is 85.1 Å². The first-order valence-corrected chi connectivity index (χ1v) is 26.6. The first-order chi connectivity index (χ1) is 32.1. The SMILES string of the molecule is CC/C=C/C/C=C/C/C=C/C/C=C/C/C=C/CCCCCCC(=O)OCC(COCCC(C(=O)O)[N+](C)(C)C)OC(=O)CCCCCCCCC/C=C/C/C=C/CCCCCCCCCC. The van der Waals surface area contributed by atoms with Crippen LogP contribution >= 0.6 is 0 Å². The van der Waals surface area contributed by atoms with Crippen molar-refractivity contribution in [3.05, 3.63) is 85.1 Å². The Bertz CT molecular complexity index is 1350. The van der Waals surface area contributed by atoms with Crippen molar-refractivity contribution in [2.24, 2.45) is 0 Å². The Kier molecular flexibility index (Phi) is 45.4. The van der Waals surface area contributed by atoms with Crippen molar-refractivity contribution < 1.29 is 38.2 Å². The second-order valence-electron chi connectivity index (χ2n) is 18.7. The molecular weight excluding hydrogens is 823 g/mol. The second kappa shape index (κ2) is 48.0. The molecule has 0 aromatic heterocycles. The molecular formula is C58H100NO7+. The van der Waals surface area contributed by atoms with Gasteiger partial charge in [0, 0.05) is 19.3 Å². The number of nitrogens with zero attached hydrogens (tertiary/aromatic N) is 1. The Balaban J connectivity index is 4.31. The number of unbranched alkanes of at least 4 members (excludes halogenated alkanes) is 19. The summed E-state index contributed by atoms with van der Waals surface area (Å²) in [4.78, 5) is 37.2. The standard InChI is InChI=1S/C58H99NO7/c1-6-8-10-12-14-16-18-20-22-24-26-28-29-31-33-35-37-39-41-43-45-47-49-57(61)66-54(52-64-51-50-55(58(62)63)59(3,4)5)53-65-56(60)48-46-44-42-40-38-36-34-32-30-27-25-23-21-19-17-15-13-11-9-7-2/h9,11,15,17,21,23-24,26-27,29-31,34,36,54-55H,6-8,10,12-14,16,18-20,22,25,28,32-33,35,37-53H2,1-5H3/p+1/b11-9+,17-15+,23-21+,26-24+,30-27+,31-29+,36-34+. The van der Waals surface area contributed by atoms with Crippen LogP contribution in [0.2, 0.25) is 0 Å². The number of ether oxygens (including phenoxy) is 3. The molecule has 66 heavy (non-hydrogen) atoms. The molecule has 2 unspecified atom stereocenters. The number of aliphatic carboxylic acids is 1. The minimum Gasteiger partial charge on any atom is -0.477 e. The number of hydrogen-bond acceptors (Lipinski definition) is 6. The highest BCUT2D eigenvalue weighted by molar-refractivity contribution is 5.72. The van der Waals surface area contributed by atoms with Gasteiger partial charge in [0.25, 0.3) is 0 Å². The number of allylic oxidation sites excluding steroid dienone is 14. The van der Waals surface area contributed by atoms with Crippen LogP contribution in [0.25, 0.3) is 0 Å². The maximum atomic E-state index is 12.8. The molecule has 0 spiro atoms. The number of rotatable bonds is 47. The van der Waals surface area contributed by atoms with E-state index in [9.17, 15) is 19.5 Å². The van der Waals surface area contributed by atoms with E-state index < -0.39 is 18.1 Å². The first-order valence-electron chi connectivity index (χ1n) is 26.6. The molecule has 0 saturated carbocycles. The lowest BCUT2D eigenvalue weighted by Crippen LogP contribution is -2.50. The van der Waals surface area contributed by atoms with E-state index in [2.05, 4.69) is 98.9 Å². The number of carbonyl (C=O) groups is 3. The molecule has 0 aromatic carbocycles. The molecule has 0 aliphatic carbocycles. The van der Waals surface area contributed by atoms with E-state index in [0.29, 0.717) is 19.3 Å². The lowest BCUT2D eigenvalue weighted by atomic mass is 10.1. The Morgan fingerprint density at radius 3 is 1.26 bits per heavy atom. The van der Waals surface area contributed by atoms with Crippen LogP contribution in [-0.4, -0.2) is 80.6 Å². The highest BCUT2D eigenvalue weighted by Gasteiger charge is 2.31. The zero-order chi connectivity index (χ0) is 48.4. The molecule has 8 nitrogen and oxygen atoms in total. The second-order valence-corrected chi connectivity index (χ2v) is 18.7. The minimum atomic E-state index is -0.882. The monoisotopic (exact) mass is 923 g/mol. The average Bonchev–Trinajstić information content (AvgIpc) is 3.28. The van der Waals surface area contributed by atoms with Crippen LogP contribution in [0.4, 0.5) is 0 Å². The molecule has 0 aliphatic rings. The summed E-state index contributed by atoms with van der Waals surface area (Å²) in [7, 11) is 5.52. The van der Waals surface area contributed by atoms with Crippen molar-refractivity contribution in [3.63, 3.8) is 0 Å². The molecule has 8 heteroatoms.